The summed E-state index contributed by atoms with van der Waals surface area (Å²) in [4.78, 5) is 32.5. The van der Waals surface area contributed by atoms with E-state index in [0.717, 1.165) is 31.4 Å². The normalized spacial score (nSPS) is 23.5. The van der Waals surface area contributed by atoms with E-state index in [-0.39, 0.29) is 31.5 Å². The van der Waals surface area contributed by atoms with E-state index in [1.165, 1.54) is 11.4 Å². The Labute approximate surface area is 249 Å². The van der Waals surface area contributed by atoms with Gasteiger partial charge in [0.15, 0.2) is 11.5 Å². The van der Waals surface area contributed by atoms with Crippen molar-refractivity contribution in [3.63, 3.8) is 0 Å². The summed E-state index contributed by atoms with van der Waals surface area (Å²) in [6.07, 6.45) is 3.58. The summed E-state index contributed by atoms with van der Waals surface area (Å²) in [5.74, 6) is -0.773. The van der Waals surface area contributed by atoms with Crippen LogP contribution >= 0.6 is 0 Å². The third kappa shape index (κ3) is 7.47. The van der Waals surface area contributed by atoms with Crippen molar-refractivity contribution in [2.24, 2.45) is 5.92 Å². The molecule has 1 N–H and O–H groups in total. The molecule has 236 valence electrons. The van der Waals surface area contributed by atoms with Gasteiger partial charge < -0.3 is 29.1 Å². The maximum absolute atomic E-state index is 13.7. The molecule has 1 aromatic carbocycles. The van der Waals surface area contributed by atoms with E-state index in [0.29, 0.717) is 56.3 Å². The number of methoxy groups -OCH3 is 1. The van der Waals surface area contributed by atoms with Gasteiger partial charge in [0, 0.05) is 44.7 Å². The molecule has 3 aliphatic heterocycles. The van der Waals surface area contributed by atoms with Gasteiger partial charge in [-0.15, -0.1) is 0 Å². The number of carboxylic acid groups (broad SMARTS) is 1. The van der Waals surface area contributed by atoms with Gasteiger partial charge in [-0.05, 0) is 64.0 Å². The molecule has 1 aromatic rings. The number of aliphatic carboxylic acids is 1. The van der Waals surface area contributed by atoms with Gasteiger partial charge in [0.25, 0.3) is 0 Å². The van der Waals surface area contributed by atoms with Gasteiger partial charge in [0.2, 0.25) is 28.5 Å². The van der Waals surface area contributed by atoms with Crippen LogP contribution in [0.15, 0.2) is 12.1 Å². The third-order valence-corrected chi connectivity index (χ3v) is 10.5. The highest BCUT2D eigenvalue weighted by Gasteiger charge is 2.48. The second kappa shape index (κ2) is 14.2. The molecule has 1 amide bonds. The summed E-state index contributed by atoms with van der Waals surface area (Å²) in [7, 11) is 2.20. The molecule has 0 saturated carbocycles. The lowest BCUT2D eigenvalue weighted by Gasteiger charge is -2.30. The minimum absolute atomic E-state index is 0.0333. The zero-order chi connectivity index (χ0) is 30.4. The summed E-state index contributed by atoms with van der Waals surface area (Å²) in [5.41, 5.74) is 0.728. The number of ether oxygens (including phenoxy) is 3. The number of sulfonamides is 1. The number of carbonyl (C=O) groups excluding carboxylic acids is 1. The van der Waals surface area contributed by atoms with Gasteiger partial charge in [0.1, 0.15) is 0 Å². The van der Waals surface area contributed by atoms with Crippen molar-refractivity contribution in [3.8, 4) is 17.2 Å². The van der Waals surface area contributed by atoms with Crippen molar-refractivity contribution in [2.75, 3.05) is 79.6 Å². The Morgan fingerprint density at radius 2 is 1.90 bits per heavy atom. The van der Waals surface area contributed by atoms with E-state index < -0.39 is 33.9 Å². The average Bonchev–Trinajstić information content (AvgIpc) is 3.64. The fourth-order valence-corrected chi connectivity index (χ4v) is 7.88. The van der Waals surface area contributed by atoms with E-state index in [2.05, 4.69) is 11.8 Å². The molecule has 2 fully saturated rings. The molecule has 3 aliphatic rings. The van der Waals surface area contributed by atoms with Crippen LogP contribution in [0.2, 0.25) is 0 Å². The lowest BCUT2D eigenvalue weighted by Crippen LogP contribution is -2.46. The maximum Gasteiger partial charge on any atom is 0.308 e. The monoisotopic (exact) mass is 610 g/mol. The molecule has 0 aromatic heterocycles. The molecule has 4 rings (SSSR count). The number of fused-ring (bicyclic) bond motifs is 1. The second-order valence-corrected chi connectivity index (χ2v) is 13.8. The van der Waals surface area contributed by atoms with E-state index in [1.807, 2.05) is 23.9 Å². The minimum Gasteiger partial charge on any atom is -0.493 e. The number of amides is 1. The molecule has 0 aliphatic carbocycles. The van der Waals surface area contributed by atoms with Gasteiger partial charge in [-0.3, -0.25) is 14.5 Å². The number of likely N-dealkylation sites (tertiary alicyclic amines) is 1. The molecule has 3 heterocycles. The molecule has 3 unspecified atom stereocenters. The minimum atomic E-state index is -3.34. The Kier molecular flexibility index (Phi) is 11.0. The van der Waals surface area contributed by atoms with Crippen LogP contribution in [0.25, 0.3) is 0 Å². The number of carboxylic acids is 1. The lowest BCUT2D eigenvalue weighted by molar-refractivity contribution is -0.143. The zero-order valence-electron chi connectivity index (χ0n) is 25.3. The van der Waals surface area contributed by atoms with Crippen LogP contribution in [-0.2, 0) is 19.6 Å². The van der Waals surface area contributed by atoms with Crippen molar-refractivity contribution < 1.29 is 37.3 Å². The van der Waals surface area contributed by atoms with Crippen molar-refractivity contribution in [3.05, 3.63) is 17.7 Å². The number of hydrogen-bond donors (Lipinski definition) is 1. The number of hydrogen-bond acceptors (Lipinski definition) is 9. The van der Waals surface area contributed by atoms with E-state index in [9.17, 15) is 23.1 Å². The number of benzene rings is 1. The standard InChI is InChI=1S/C29H46N4O8S/c1-5-6-11-31(12-7-10-30(2)3)26(34)19-32-18-22(21-16-24(39-4)28-25(17-21)40-20-41-28)27(29(35)36)23(32)9-14-33-13-8-15-42(33,37)38/h16-17,22-23,27H,5-15,18-20H2,1-4H3,(H,35,36). The number of unbranched alkanes of at least 4 members (excludes halogenated alkanes) is 1. The van der Waals surface area contributed by atoms with E-state index in [1.54, 1.807) is 12.1 Å². The zero-order valence-corrected chi connectivity index (χ0v) is 26.1. The number of rotatable bonds is 15. The first-order valence-corrected chi connectivity index (χ1v) is 16.5. The van der Waals surface area contributed by atoms with Crippen LogP contribution in [0, 0.1) is 5.92 Å². The van der Waals surface area contributed by atoms with Gasteiger partial charge >= 0.3 is 5.97 Å². The van der Waals surface area contributed by atoms with Crippen LogP contribution in [-0.4, -0.2) is 130 Å². The molecule has 2 saturated heterocycles. The van der Waals surface area contributed by atoms with Crippen LogP contribution in [0.1, 0.15) is 50.5 Å². The number of carbonyl (C=O) groups is 2. The quantitative estimate of drug-likeness (QED) is 0.314. The summed E-state index contributed by atoms with van der Waals surface area (Å²) < 4.78 is 43.2. The largest absolute Gasteiger partial charge is 0.493 e. The molecule has 0 radical (unpaired) electrons. The highest BCUT2D eigenvalue weighted by molar-refractivity contribution is 7.89. The average molecular weight is 611 g/mol. The molecule has 0 bridgehead atoms. The first-order valence-electron chi connectivity index (χ1n) is 14.9. The maximum atomic E-state index is 13.7. The molecule has 0 spiro atoms. The Morgan fingerprint density at radius 3 is 2.55 bits per heavy atom. The topological polar surface area (TPSA) is 129 Å². The Bertz CT molecular complexity index is 1210. The summed E-state index contributed by atoms with van der Waals surface area (Å²) in [5, 5.41) is 10.5. The fourth-order valence-electron chi connectivity index (χ4n) is 6.33. The summed E-state index contributed by atoms with van der Waals surface area (Å²) >= 11 is 0. The van der Waals surface area contributed by atoms with Crippen LogP contribution < -0.4 is 14.2 Å². The van der Waals surface area contributed by atoms with Gasteiger partial charge in [0.05, 0.1) is 25.3 Å². The number of nitrogens with zero attached hydrogens (tertiary/aromatic N) is 4. The van der Waals surface area contributed by atoms with Gasteiger partial charge in [-0.2, -0.15) is 0 Å². The van der Waals surface area contributed by atoms with Crippen molar-refractivity contribution >= 4 is 21.9 Å². The second-order valence-electron chi connectivity index (χ2n) is 11.7. The lowest BCUT2D eigenvalue weighted by atomic mass is 9.84. The molecular formula is C29H46N4O8S. The first kappa shape index (κ1) is 32.3. The van der Waals surface area contributed by atoms with Crippen LogP contribution in [0.4, 0.5) is 0 Å². The van der Waals surface area contributed by atoms with Gasteiger partial charge in [-0.1, -0.05) is 13.3 Å². The smallest absolute Gasteiger partial charge is 0.308 e. The molecule has 13 heteroatoms. The third-order valence-electron chi connectivity index (χ3n) is 8.53. The van der Waals surface area contributed by atoms with Crippen molar-refractivity contribution in [1.82, 2.24) is 19.0 Å². The Morgan fingerprint density at radius 1 is 1.14 bits per heavy atom. The predicted molar refractivity (Wildman–Crippen MR) is 158 cm³/mol. The fraction of sp³-hybridized carbons (Fsp3) is 0.724. The van der Waals surface area contributed by atoms with E-state index >= 15 is 0 Å². The summed E-state index contributed by atoms with van der Waals surface area (Å²) in [6.45, 7) is 5.36. The SMILES string of the molecule is CCCCN(CCCN(C)C)C(=O)CN1CC(c2cc(OC)c3c(c2)OCO3)C(C(=O)O)C1CCN1CCCS1(=O)=O. The van der Waals surface area contributed by atoms with Crippen molar-refractivity contribution in [2.45, 2.75) is 51.0 Å². The first-order chi connectivity index (χ1) is 20.1. The van der Waals surface area contributed by atoms with Crippen LogP contribution in [0.5, 0.6) is 17.2 Å². The van der Waals surface area contributed by atoms with Crippen molar-refractivity contribution in [1.29, 1.82) is 0 Å². The Hall–Kier alpha value is -2.61. The molecule has 12 nitrogen and oxygen atoms in total. The Balaban J connectivity index is 1.61. The highest BCUT2D eigenvalue weighted by atomic mass is 32.2. The molecule has 42 heavy (non-hydrogen) atoms. The molecular weight excluding hydrogens is 564 g/mol. The summed E-state index contributed by atoms with van der Waals surface area (Å²) in [6, 6.07) is 3.06. The highest BCUT2D eigenvalue weighted by Crippen LogP contribution is 2.47. The van der Waals surface area contributed by atoms with Gasteiger partial charge in [-0.25, -0.2) is 12.7 Å². The molecule has 3 atom stereocenters. The van der Waals surface area contributed by atoms with E-state index in [4.69, 9.17) is 14.2 Å². The predicted octanol–water partition coefficient (Wildman–Crippen LogP) is 1.90. The van der Waals surface area contributed by atoms with Crippen LogP contribution in [0.3, 0.4) is 0 Å².